The molecule has 3 nitrogen and oxygen atoms in total. The third kappa shape index (κ3) is 3.29. The average Bonchev–Trinajstić information content (AvgIpc) is 2.27. The van der Waals surface area contributed by atoms with E-state index in [9.17, 15) is 0 Å². The van der Waals surface area contributed by atoms with Gasteiger partial charge in [0.05, 0.1) is 6.10 Å². The van der Waals surface area contributed by atoms with Crippen molar-refractivity contribution in [2.75, 3.05) is 6.61 Å². The van der Waals surface area contributed by atoms with Gasteiger partial charge in [-0.2, -0.15) is 0 Å². The lowest BCUT2D eigenvalue weighted by Crippen LogP contribution is -2.37. The van der Waals surface area contributed by atoms with Crippen molar-refractivity contribution in [2.24, 2.45) is 0 Å². The highest BCUT2D eigenvalue weighted by atomic mass is 16.5. The Bertz CT molecular complexity index is 340. The number of aromatic nitrogens is 1. The topological polar surface area (TPSA) is 34.2 Å². The third-order valence-corrected chi connectivity index (χ3v) is 3.01. The van der Waals surface area contributed by atoms with E-state index in [4.69, 9.17) is 4.74 Å². The van der Waals surface area contributed by atoms with Crippen molar-refractivity contribution >= 4 is 0 Å². The molecule has 2 heterocycles. The first-order chi connectivity index (χ1) is 7.74. The van der Waals surface area contributed by atoms with Gasteiger partial charge < -0.3 is 10.1 Å². The van der Waals surface area contributed by atoms with Crippen LogP contribution in [0.15, 0.2) is 18.5 Å². The van der Waals surface area contributed by atoms with Crippen molar-refractivity contribution in [3.8, 4) is 0 Å². The molecule has 2 unspecified atom stereocenters. The lowest BCUT2D eigenvalue weighted by Gasteiger charge is -2.28. The Hall–Kier alpha value is -0.930. The zero-order valence-corrected chi connectivity index (χ0v) is 10.1. The van der Waals surface area contributed by atoms with E-state index >= 15 is 0 Å². The fourth-order valence-corrected chi connectivity index (χ4v) is 2.16. The summed E-state index contributed by atoms with van der Waals surface area (Å²) in [7, 11) is 0. The number of aryl methyl sites for hydroxylation is 1. The van der Waals surface area contributed by atoms with E-state index in [2.05, 4.69) is 30.2 Å². The molecule has 1 aromatic heterocycles. The minimum absolute atomic E-state index is 0.391. The van der Waals surface area contributed by atoms with Gasteiger partial charge in [-0.15, -0.1) is 0 Å². The van der Waals surface area contributed by atoms with Crippen molar-refractivity contribution in [3.05, 3.63) is 29.6 Å². The Balaban J connectivity index is 1.82. The van der Waals surface area contributed by atoms with Crippen molar-refractivity contribution in [3.63, 3.8) is 0 Å². The molecule has 0 saturated carbocycles. The van der Waals surface area contributed by atoms with E-state index < -0.39 is 0 Å². The minimum Gasteiger partial charge on any atom is -0.378 e. The van der Waals surface area contributed by atoms with Crippen LogP contribution >= 0.6 is 0 Å². The molecule has 0 spiro atoms. The van der Waals surface area contributed by atoms with Crippen molar-refractivity contribution in [1.82, 2.24) is 10.3 Å². The summed E-state index contributed by atoms with van der Waals surface area (Å²) in [6.45, 7) is 6.01. The maximum atomic E-state index is 5.53. The SMILES string of the molecule is Cc1cncc(CNC2CCOC(C)C2)c1. The summed E-state index contributed by atoms with van der Waals surface area (Å²) < 4.78 is 5.53. The van der Waals surface area contributed by atoms with Gasteiger partial charge in [0.15, 0.2) is 0 Å². The second kappa shape index (κ2) is 5.41. The summed E-state index contributed by atoms with van der Waals surface area (Å²) in [5, 5.41) is 3.58. The highest BCUT2D eigenvalue weighted by Gasteiger charge is 2.18. The molecule has 1 N–H and O–H groups in total. The van der Waals surface area contributed by atoms with Gasteiger partial charge in [-0.3, -0.25) is 4.98 Å². The highest BCUT2D eigenvalue weighted by molar-refractivity contribution is 5.16. The number of nitrogens with zero attached hydrogens (tertiary/aromatic N) is 1. The summed E-state index contributed by atoms with van der Waals surface area (Å²) >= 11 is 0. The van der Waals surface area contributed by atoms with E-state index in [1.807, 2.05) is 12.4 Å². The molecule has 2 atom stereocenters. The van der Waals surface area contributed by atoms with Crippen LogP contribution in [0.3, 0.4) is 0 Å². The molecule has 3 heteroatoms. The molecule has 0 aromatic carbocycles. The Morgan fingerprint density at radius 2 is 2.38 bits per heavy atom. The summed E-state index contributed by atoms with van der Waals surface area (Å²) in [6, 6.07) is 2.77. The molecule has 0 bridgehead atoms. The van der Waals surface area contributed by atoms with Gasteiger partial charge in [0.2, 0.25) is 0 Å². The van der Waals surface area contributed by atoms with Crippen LogP contribution in [0.4, 0.5) is 0 Å². The lowest BCUT2D eigenvalue weighted by molar-refractivity contribution is 0.0130. The number of pyridine rings is 1. The largest absolute Gasteiger partial charge is 0.378 e. The van der Waals surface area contributed by atoms with E-state index in [-0.39, 0.29) is 0 Å². The Morgan fingerprint density at radius 1 is 1.50 bits per heavy atom. The van der Waals surface area contributed by atoms with E-state index in [0.717, 1.165) is 26.0 Å². The first-order valence-electron chi connectivity index (χ1n) is 5.99. The van der Waals surface area contributed by atoms with Crippen LogP contribution in [0.5, 0.6) is 0 Å². The number of nitrogens with one attached hydrogen (secondary N) is 1. The second-order valence-electron chi connectivity index (χ2n) is 4.65. The van der Waals surface area contributed by atoms with Crippen LogP contribution in [-0.2, 0) is 11.3 Å². The molecule has 1 aromatic rings. The van der Waals surface area contributed by atoms with Crippen LogP contribution in [-0.4, -0.2) is 23.7 Å². The molecular formula is C13H20N2O. The lowest BCUT2D eigenvalue weighted by atomic mass is 10.0. The second-order valence-corrected chi connectivity index (χ2v) is 4.65. The fourth-order valence-electron chi connectivity index (χ4n) is 2.16. The molecule has 16 heavy (non-hydrogen) atoms. The summed E-state index contributed by atoms with van der Waals surface area (Å²) in [4.78, 5) is 4.20. The monoisotopic (exact) mass is 220 g/mol. The zero-order valence-electron chi connectivity index (χ0n) is 10.1. The Kier molecular flexibility index (Phi) is 3.91. The predicted octanol–water partition coefficient (Wildman–Crippen LogP) is 2.05. The molecule has 0 aliphatic carbocycles. The molecule has 1 aliphatic rings. The molecule has 1 aliphatic heterocycles. The fraction of sp³-hybridized carbons (Fsp3) is 0.615. The first-order valence-corrected chi connectivity index (χ1v) is 5.99. The van der Waals surface area contributed by atoms with Crippen molar-refractivity contribution in [2.45, 2.75) is 45.4 Å². The van der Waals surface area contributed by atoms with Crippen LogP contribution in [0, 0.1) is 6.92 Å². The van der Waals surface area contributed by atoms with Crippen molar-refractivity contribution < 1.29 is 4.74 Å². The molecule has 88 valence electrons. The van der Waals surface area contributed by atoms with Gasteiger partial charge in [0.25, 0.3) is 0 Å². The van der Waals surface area contributed by atoms with E-state index in [0.29, 0.717) is 12.1 Å². The summed E-state index contributed by atoms with van der Waals surface area (Å²) in [5.41, 5.74) is 2.48. The number of ether oxygens (including phenoxy) is 1. The average molecular weight is 220 g/mol. The number of hydrogen-bond acceptors (Lipinski definition) is 3. The Morgan fingerprint density at radius 3 is 3.12 bits per heavy atom. The normalized spacial score (nSPS) is 25.6. The van der Waals surface area contributed by atoms with Gasteiger partial charge >= 0.3 is 0 Å². The molecular weight excluding hydrogens is 200 g/mol. The highest BCUT2D eigenvalue weighted by Crippen LogP contribution is 2.13. The maximum Gasteiger partial charge on any atom is 0.0561 e. The molecule has 0 radical (unpaired) electrons. The molecule has 0 amide bonds. The van der Waals surface area contributed by atoms with Gasteiger partial charge in [-0.1, -0.05) is 6.07 Å². The van der Waals surface area contributed by atoms with Crippen LogP contribution in [0.25, 0.3) is 0 Å². The minimum atomic E-state index is 0.391. The summed E-state index contributed by atoms with van der Waals surface area (Å²) in [5.74, 6) is 0. The Labute approximate surface area is 97.2 Å². The molecule has 1 saturated heterocycles. The van der Waals surface area contributed by atoms with Crippen LogP contribution in [0.1, 0.15) is 30.9 Å². The standard InChI is InChI=1S/C13H20N2O/c1-10-5-12(8-14-7-10)9-15-13-3-4-16-11(2)6-13/h5,7-8,11,13,15H,3-4,6,9H2,1-2H3. The van der Waals surface area contributed by atoms with E-state index in [1.165, 1.54) is 11.1 Å². The first kappa shape index (κ1) is 11.6. The zero-order chi connectivity index (χ0) is 11.4. The van der Waals surface area contributed by atoms with Gasteiger partial charge in [0.1, 0.15) is 0 Å². The smallest absolute Gasteiger partial charge is 0.0561 e. The van der Waals surface area contributed by atoms with Gasteiger partial charge in [0, 0.05) is 31.6 Å². The van der Waals surface area contributed by atoms with Crippen LogP contribution < -0.4 is 5.32 Å². The number of rotatable bonds is 3. The van der Waals surface area contributed by atoms with Crippen LogP contribution in [0.2, 0.25) is 0 Å². The molecule has 2 rings (SSSR count). The molecule has 1 fully saturated rings. The third-order valence-electron chi connectivity index (χ3n) is 3.01. The van der Waals surface area contributed by atoms with E-state index in [1.54, 1.807) is 0 Å². The maximum absolute atomic E-state index is 5.53. The summed E-state index contributed by atoms with van der Waals surface area (Å²) in [6.07, 6.45) is 6.44. The van der Waals surface area contributed by atoms with Gasteiger partial charge in [-0.05, 0) is 37.8 Å². The van der Waals surface area contributed by atoms with Gasteiger partial charge in [-0.25, -0.2) is 0 Å². The number of hydrogen-bond donors (Lipinski definition) is 1. The quantitative estimate of drug-likeness (QED) is 0.846. The predicted molar refractivity (Wildman–Crippen MR) is 64.2 cm³/mol. The van der Waals surface area contributed by atoms with Crippen molar-refractivity contribution in [1.29, 1.82) is 0 Å².